The van der Waals surface area contributed by atoms with Crippen LogP contribution in [-0.2, 0) is 15.9 Å². The Labute approximate surface area is 187 Å². The molecule has 7 nitrogen and oxygen atoms in total. The number of H-pyrrole nitrogens is 1. The molecule has 1 amide bonds. The first-order valence-corrected chi connectivity index (χ1v) is 12.0. The molecule has 1 aromatic rings. The normalized spacial score (nSPS) is 28.0. The van der Waals surface area contributed by atoms with Gasteiger partial charge in [-0.25, -0.2) is 4.79 Å². The molecule has 176 valence electrons. The molecular weight excluding hydrogens is 392 g/mol. The van der Waals surface area contributed by atoms with Gasteiger partial charge in [0.2, 0.25) is 0 Å². The van der Waals surface area contributed by atoms with Gasteiger partial charge in [0.25, 0.3) is 0 Å². The summed E-state index contributed by atoms with van der Waals surface area (Å²) in [6.07, 6.45) is 9.35. The van der Waals surface area contributed by atoms with Gasteiger partial charge in [0.1, 0.15) is 0 Å². The molecule has 0 saturated carbocycles. The summed E-state index contributed by atoms with van der Waals surface area (Å²) in [5.74, 6) is 0.490. The van der Waals surface area contributed by atoms with E-state index in [-0.39, 0.29) is 22.8 Å². The Bertz CT molecular complexity index is 723. The molecule has 3 heterocycles. The van der Waals surface area contributed by atoms with Crippen molar-refractivity contribution >= 4 is 6.09 Å². The van der Waals surface area contributed by atoms with Crippen molar-refractivity contribution in [2.45, 2.75) is 102 Å². The molecule has 2 N–H and O–H groups in total. The molecular formula is C24H42N4O3. The van der Waals surface area contributed by atoms with E-state index >= 15 is 0 Å². The number of carbonyl (C=O) groups excluding carboxylic acids is 1. The highest BCUT2D eigenvalue weighted by atomic mass is 16.5. The molecule has 0 aromatic carbocycles. The van der Waals surface area contributed by atoms with Gasteiger partial charge >= 0.3 is 6.09 Å². The number of aromatic nitrogens is 2. The van der Waals surface area contributed by atoms with Crippen molar-refractivity contribution < 1.29 is 14.3 Å². The lowest BCUT2D eigenvalue weighted by molar-refractivity contribution is -0.148. The molecule has 3 rings (SSSR count). The number of amides is 1. The maximum atomic E-state index is 12.0. The Hall–Kier alpha value is -1.60. The van der Waals surface area contributed by atoms with Crippen molar-refractivity contribution in [2.24, 2.45) is 0 Å². The maximum Gasteiger partial charge on any atom is 0.409 e. The van der Waals surface area contributed by atoms with E-state index in [1.165, 1.54) is 31.2 Å². The molecule has 0 spiro atoms. The average molecular weight is 435 g/mol. The van der Waals surface area contributed by atoms with E-state index in [9.17, 15) is 4.79 Å². The number of fused-ring (bicyclic) bond motifs is 2. The Morgan fingerprint density at radius 3 is 2.45 bits per heavy atom. The standard InChI is InChI=1S/C24H42N4O3/c1-7-23-10-11-24(8-2,31-23)16-19(15-23)20-18(17-26-27-20)9-12-25-13-14-28(21(29)30-6)22(3,4)5/h17,19,25H,7-16H2,1-6H3,(H,26,27). The number of carbonyl (C=O) groups is 1. The second kappa shape index (κ2) is 9.49. The quantitative estimate of drug-likeness (QED) is 0.563. The zero-order valence-electron chi connectivity index (χ0n) is 20.3. The lowest BCUT2D eigenvalue weighted by atomic mass is 9.79. The van der Waals surface area contributed by atoms with Crippen molar-refractivity contribution in [1.82, 2.24) is 20.4 Å². The molecule has 2 bridgehead atoms. The van der Waals surface area contributed by atoms with Crippen LogP contribution in [0.15, 0.2) is 6.20 Å². The minimum absolute atomic E-state index is 0.0455. The molecule has 7 heteroatoms. The van der Waals surface area contributed by atoms with Crippen molar-refractivity contribution in [3.05, 3.63) is 17.5 Å². The fourth-order valence-corrected chi connectivity index (χ4v) is 5.49. The molecule has 2 aliphatic rings. The number of methoxy groups -OCH3 is 1. The van der Waals surface area contributed by atoms with E-state index in [2.05, 4.69) is 29.4 Å². The number of hydrogen-bond donors (Lipinski definition) is 2. The zero-order valence-corrected chi connectivity index (χ0v) is 20.3. The first kappa shape index (κ1) is 24.1. The highest BCUT2D eigenvalue weighted by molar-refractivity contribution is 5.68. The monoisotopic (exact) mass is 434 g/mol. The van der Waals surface area contributed by atoms with Gasteiger partial charge in [-0.1, -0.05) is 13.8 Å². The van der Waals surface area contributed by atoms with Crippen molar-refractivity contribution in [3.8, 4) is 0 Å². The highest BCUT2D eigenvalue weighted by Gasteiger charge is 2.54. The maximum absolute atomic E-state index is 12.0. The van der Waals surface area contributed by atoms with Crippen LogP contribution in [0.1, 0.15) is 90.3 Å². The van der Waals surface area contributed by atoms with Crippen LogP contribution in [0.2, 0.25) is 0 Å². The van der Waals surface area contributed by atoms with E-state index in [1.54, 1.807) is 4.90 Å². The van der Waals surface area contributed by atoms with Crippen LogP contribution >= 0.6 is 0 Å². The number of nitrogens with zero attached hydrogens (tertiary/aromatic N) is 2. The summed E-state index contributed by atoms with van der Waals surface area (Å²) in [5, 5.41) is 11.2. The van der Waals surface area contributed by atoms with Gasteiger partial charge in [0.05, 0.1) is 24.5 Å². The van der Waals surface area contributed by atoms with Crippen LogP contribution in [0.5, 0.6) is 0 Å². The fraction of sp³-hybridized carbons (Fsp3) is 0.833. The van der Waals surface area contributed by atoms with Gasteiger partial charge in [-0.05, 0) is 77.8 Å². The van der Waals surface area contributed by atoms with Crippen LogP contribution in [0.25, 0.3) is 0 Å². The minimum atomic E-state index is -0.282. The smallest absolute Gasteiger partial charge is 0.409 e. The van der Waals surface area contributed by atoms with Crippen LogP contribution in [0.3, 0.4) is 0 Å². The third-order valence-corrected chi connectivity index (χ3v) is 7.44. The predicted octanol–water partition coefficient (Wildman–Crippen LogP) is 4.39. The molecule has 2 saturated heterocycles. The second-order valence-electron chi connectivity index (χ2n) is 10.4. The summed E-state index contributed by atoms with van der Waals surface area (Å²) in [4.78, 5) is 13.8. The molecule has 2 aliphatic heterocycles. The summed E-state index contributed by atoms with van der Waals surface area (Å²) < 4.78 is 11.6. The molecule has 2 atom stereocenters. The minimum Gasteiger partial charge on any atom is -0.453 e. The van der Waals surface area contributed by atoms with Crippen molar-refractivity contribution in [3.63, 3.8) is 0 Å². The number of hydrogen-bond acceptors (Lipinski definition) is 5. The van der Waals surface area contributed by atoms with Crippen LogP contribution in [0.4, 0.5) is 4.79 Å². The summed E-state index contributed by atoms with van der Waals surface area (Å²) in [5.41, 5.74) is 2.43. The summed E-state index contributed by atoms with van der Waals surface area (Å²) in [6, 6.07) is 0. The predicted molar refractivity (Wildman–Crippen MR) is 122 cm³/mol. The van der Waals surface area contributed by atoms with E-state index in [0.29, 0.717) is 12.5 Å². The first-order valence-electron chi connectivity index (χ1n) is 12.0. The van der Waals surface area contributed by atoms with Gasteiger partial charge in [-0.3, -0.25) is 5.10 Å². The molecule has 31 heavy (non-hydrogen) atoms. The van der Waals surface area contributed by atoms with Gasteiger partial charge < -0.3 is 19.7 Å². The van der Waals surface area contributed by atoms with E-state index in [0.717, 1.165) is 45.2 Å². The third-order valence-electron chi connectivity index (χ3n) is 7.44. The van der Waals surface area contributed by atoms with Gasteiger partial charge in [-0.2, -0.15) is 5.10 Å². The Morgan fingerprint density at radius 1 is 1.26 bits per heavy atom. The highest BCUT2D eigenvalue weighted by Crippen LogP contribution is 2.55. The lowest BCUT2D eigenvalue weighted by Gasteiger charge is -2.43. The number of rotatable bonds is 9. The second-order valence-corrected chi connectivity index (χ2v) is 10.4. The zero-order chi connectivity index (χ0) is 22.7. The van der Waals surface area contributed by atoms with Crippen LogP contribution in [-0.4, -0.2) is 64.7 Å². The van der Waals surface area contributed by atoms with Crippen molar-refractivity contribution in [2.75, 3.05) is 26.7 Å². The van der Waals surface area contributed by atoms with E-state index in [4.69, 9.17) is 9.47 Å². The SMILES string of the molecule is CCC12CCC(CC)(CC(c3[nH]ncc3CCNCCN(C(=O)OC)C(C)(C)C)C1)O2. The number of nitrogens with one attached hydrogen (secondary N) is 2. The molecule has 0 aliphatic carbocycles. The van der Waals surface area contributed by atoms with Gasteiger partial charge in [-0.15, -0.1) is 0 Å². The fourth-order valence-electron chi connectivity index (χ4n) is 5.49. The molecule has 2 fully saturated rings. The Morgan fingerprint density at radius 2 is 1.90 bits per heavy atom. The average Bonchev–Trinajstić information content (AvgIpc) is 3.32. The van der Waals surface area contributed by atoms with Gasteiger partial charge in [0.15, 0.2) is 0 Å². The lowest BCUT2D eigenvalue weighted by Crippen LogP contribution is -2.48. The molecule has 1 aromatic heterocycles. The molecule has 2 unspecified atom stereocenters. The first-order chi connectivity index (χ1) is 14.7. The number of aromatic amines is 1. The Balaban J connectivity index is 1.55. The van der Waals surface area contributed by atoms with Crippen molar-refractivity contribution in [1.29, 1.82) is 0 Å². The van der Waals surface area contributed by atoms with Crippen LogP contribution < -0.4 is 5.32 Å². The largest absolute Gasteiger partial charge is 0.453 e. The molecule has 0 radical (unpaired) electrons. The van der Waals surface area contributed by atoms with Gasteiger partial charge in [0, 0.05) is 30.2 Å². The topological polar surface area (TPSA) is 79.5 Å². The Kier molecular flexibility index (Phi) is 7.36. The van der Waals surface area contributed by atoms with E-state index < -0.39 is 0 Å². The third kappa shape index (κ3) is 5.25. The summed E-state index contributed by atoms with van der Waals surface area (Å²) in [6.45, 7) is 12.8. The summed E-state index contributed by atoms with van der Waals surface area (Å²) in [7, 11) is 1.43. The van der Waals surface area contributed by atoms with Crippen LogP contribution in [0, 0.1) is 0 Å². The van der Waals surface area contributed by atoms with E-state index in [1.807, 2.05) is 27.0 Å². The number of ether oxygens (including phenoxy) is 2. The summed E-state index contributed by atoms with van der Waals surface area (Å²) >= 11 is 0.